The second-order valence-electron chi connectivity index (χ2n) is 7.08. The van der Waals surface area contributed by atoms with E-state index in [0.717, 1.165) is 54.9 Å². The molecule has 7 heteroatoms. The molecule has 3 heterocycles. The number of fused-ring (bicyclic) bond motifs is 1. The van der Waals surface area contributed by atoms with Crippen molar-refractivity contribution < 1.29 is 9.21 Å². The van der Waals surface area contributed by atoms with Crippen LogP contribution in [0, 0.1) is 0 Å². The van der Waals surface area contributed by atoms with Crippen molar-refractivity contribution in [3.8, 4) is 0 Å². The van der Waals surface area contributed by atoms with Gasteiger partial charge in [0.15, 0.2) is 11.5 Å². The van der Waals surface area contributed by atoms with E-state index in [-0.39, 0.29) is 11.9 Å². The van der Waals surface area contributed by atoms with Crippen molar-refractivity contribution in [3.63, 3.8) is 0 Å². The van der Waals surface area contributed by atoms with Crippen LogP contribution in [0.1, 0.15) is 43.6 Å². The number of likely N-dealkylation sites (tertiary alicyclic amines) is 1. The van der Waals surface area contributed by atoms with Crippen molar-refractivity contribution in [2.45, 2.75) is 45.2 Å². The number of piperidine rings is 1. The standard InChI is InChI=1S/C20H25N5O2/c1-2-9-25-13-15(12-22-25)11-21-20(26)24-10-5-6-16(14-24)19-23-17-7-3-4-8-18(17)27-19/h3-4,7-8,12-13,16H,2,5-6,9-11,14H2,1H3,(H,21,26)/t16-/m1/s1. The number of para-hydroxylation sites is 2. The number of benzene rings is 1. The summed E-state index contributed by atoms with van der Waals surface area (Å²) in [6, 6.07) is 7.74. The van der Waals surface area contributed by atoms with Gasteiger partial charge in [0, 0.05) is 37.9 Å². The maximum absolute atomic E-state index is 12.6. The first-order chi connectivity index (χ1) is 13.2. The minimum atomic E-state index is -0.0425. The molecule has 3 aromatic rings. The number of carbonyl (C=O) groups excluding carboxylic acids is 1. The fourth-order valence-electron chi connectivity index (χ4n) is 3.57. The summed E-state index contributed by atoms with van der Waals surface area (Å²) in [6.45, 7) is 4.90. The van der Waals surface area contributed by atoms with Gasteiger partial charge in [0.1, 0.15) is 5.52 Å². The zero-order valence-corrected chi connectivity index (χ0v) is 15.6. The van der Waals surface area contributed by atoms with E-state index in [1.807, 2.05) is 46.2 Å². The van der Waals surface area contributed by atoms with E-state index >= 15 is 0 Å². The number of hydrogen-bond donors (Lipinski definition) is 1. The second-order valence-corrected chi connectivity index (χ2v) is 7.08. The summed E-state index contributed by atoms with van der Waals surface area (Å²) in [5, 5.41) is 7.31. The molecule has 0 saturated carbocycles. The number of carbonyl (C=O) groups is 1. The van der Waals surface area contributed by atoms with Gasteiger partial charge in [0.25, 0.3) is 0 Å². The highest BCUT2D eigenvalue weighted by Crippen LogP contribution is 2.28. The van der Waals surface area contributed by atoms with Gasteiger partial charge in [-0.05, 0) is 31.4 Å². The molecule has 1 fully saturated rings. The van der Waals surface area contributed by atoms with E-state index in [0.29, 0.717) is 13.1 Å². The SMILES string of the molecule is CCCn1cc(CNC(=O)N2CCC[C@@H](c3nc4ccccc4o3)C2)cn1. The molecule has 4 rings (SSSR count). The third-order valence-electron chi connectivity index (χ3n) is 4.95. The Morgan fingerprint density at radius 3 is 3.11 bits per heavy atom. The lowest BCUT2D eigenvalue weighted by Gasteiger charge is -2.31. The second kappa shape index (κ2) is 7.82. The normalized spacial score (nSPS) is 17.4. The molecule has 1 aliphatic rings. The zero-order valence-electron chi connectivity index (χ0n) is 15.6. The Kier molecular flexibility index (Phi) is 5.09. The Bertz CT molecular complexity index is 883. The van der Waals surface area contributed by atoms with Crippen LogP contribution < -0.4 is 5.32 Å². The summed E-state index contributed by atoms with van der Waals surface area (Å²) in [5.74, 6) is 0.874. The van der Waals surface area contributed by atoms with Gasteiger partial charge in [0.05, 0.1) is 12.1 Å². The highest BCUT2D eigenvalue weighted by atomic mass is 16.3. The van der Waals surface area contributed by atoms with E-state index in [2.05, 4.69) is 22.3 Å². The monoisotopic (exact) mass is 367 g/mol. The first kappa shape index (κ1) is 17.6. The van der Waals surface area contributed by atoms with Crippen LogP contribution in [0.4, 0.5) is 4.79 Å². The number of aromatic nitrogens is 3. The smallest absolute Gasteiger partial charge is 0.317 e. The van der Waals surface area contributed by atoms with Gasteiger partial charge >= 0.3 is 6.03 Å². The minimum Gasteiger partial charge on any atom is -0.440 e. The van der Waals surface area contributed by atoms with Gasteiger partial charge in [-0.3, -0.25) is 4.68 Å². The lowest BCUT2D eigenvalue weighted by Crippen LogP contribution is -2.44. The van der Waals surface area contributed by atoms with Crippen molar-refractivity contribution in [2.75, 3.05) is 13.1 Å². The maximum Gasteiger partial charge on any atom is 0.317 e. The first-order valence-corrected chi connectivity index (χ1v) is 9.62. The summed E-state index contributed by atoms with van der Waals surface area (Å²) in [7, 11) is 0. The van der Waals surface area contributed by atoms with Crippen molar-refractivity contribution in [2.24, 2.45) is 0 Å². The molecule has 1 aliphatic heterocycles. The van der Waals surface area contributed by atoms with Gasteiger partial charge in [0.2, 0.25) is 0 Å². The van der Waals surface area contributed by atoms with Gasteiger partial charge in [-0.25, -0.2) is 9.78 Å². The topological polar surface area (TPSA) is 76.2 Å². The third-order valence-corrected chi connectivity index (χ3v) is 4.95. The molecule has 7 nitrogen and oxygen atoms in total. The van der Waals surface area contributed by atoms with E-state index in [4.69, 9.17) is 4.42 Å². The highest BCUT2D eigenvalue weighted by Gasteiger charge is 2.28. The molecule has 0 aliphatic carbocycles. The molecule has 142 valence electrons. The Balaban J connectivity index is 1.36. The van der Waals surface area contributed by atoms with Crippen LogP contribution >= 0.6 is 0 Å². The quantitative estimate of drug-likeness (QED) is 0.748. The average molecular weight is 367 g/mol. The number of rotatable bonds is 5. The first-order valence-electron chi connectivity index (χ1n) is 9.62. The van der Waals surface area contributed by atoms with Crippen LogP contribution in [0.15, 0.2) is 41.1 Å². The molecule has 1 N–H and O–H groups in total. The Morgan fingerprint density at radius 1 is 1.37 bits per heavy atom. The summed E-state index contributed by atoms with van der Waals surface area (Å²) in [4.78, 5) is 19.1. The summed E-state index contributed by atoms with van der Waals surface area (Å²) >= 11 is 0. The number of urea groups is 1. The Labute approximate surface area is 158 Å². The van der Waals surface area contributed by atoms with Crippen LogP contribution in [0.2, 0.25) is 0 Å². The predicted molar refractivity (Wildman–Crippen MR) is 102 cm³/mol. The summed E-state index contributed by atoms with van der Waals surface area (Å²) < 4.78 is 7.82. The highest BCUT2D eigenvalue weighted by molar-refractivity contribution is 5.74. The van der Waals surface area contributed by atoms with E-state index in [9.17, 15) is 4.79 Å². The molecular weight excluding hydrogens is 342 g/mol. The Hall–Kier alpha value is -2.83. The molecule has 1 aromatic carbocycles. The van der Waals surface area contributed by atoms with Crippen molar-refractivity contribution in [1.82, 2.24) is 25.0 Å². The molecule has 0 unspecified atom stereocenters. The fourth-order valence-corrected chi connectivity index (χ4v) is 3.57. The predicted octanol–water partition coefficient (Wildman–Crippen LogP) is 3.52. The number of hydrogen-bond acceptors (Lipinski definition) is 4. The van der Waals surface area contributed by atoms with Gasteiger partial charge < -0.3 is 14.6 Å². The molecule has 0 radical (unpaired) electrons. The molecule has 2 amide bonds. The molecule has 1 atom stereocenters. The summed E-state index contributed by atoms with van der Waals surface area (Å²) in [5.41, 5.74) is 2.70. The molecule has 1 saturated heterocycles. The molecular formula is C20H25N5O2. The lowest BCUT2D eigenvalue weighted by atomic mass is 9.98. The minimum absolute atomic E-state index is 0.0425. The number of nitrogens with one attached hydrogen (secondary N) is 1. The maximum atomic E-state index is 12.6. The van der Waals surface area contributed by atoms with Crippen molar-refractivity contribution in [3.05, 3.63) is 48.1 Å². The van der Waals surface area contributed by atoms with E-state index < -0.39 is 0 Å². The van der Waals surface area contributed by atoms with E-state index in [1.54, 1.807) is 0 Å². The Morgan fingerprint density at radius 2 is 2.26 bits per heavy atom. The average Bonchev–Trinajstić information content (AvgIpc) is 3.33. The number of amides is 2. The molecule has 0 bridgehead atoms. The molecule has 27 heavy (non-hydrogen) atoms. The van der Waals surface area contributed by atoms with Crippen LogP contribution in [-0.4, -0.2) is 38.8 Å². The number of aryl methyl sites for hydroxylation is 1. The van der Waals surface area contributed by atoms with Crippen LogP contribution in [0.5, 0.6) is 0 Å². The third kappa shape index (κ3) is 3.97. The fraction of sp³-hybridized carbons (Fsp3) is 0.450. The lowest BCUT2D eigenvalue weighted by molar-refractivity contribution is 0.174. The molecule has 2 aromatic heterocycles. The van der Waals surface area contributed by atoms with Crippen molar-refractivity contribution in [1.29, 1.82) is 0 Å². The largest absolute Gasteiger partial charge is 0.440 e. The number of nitrogens with zero attached hydrogens (tertiary/aromatic N) is 4. The van der Waals surface area contributed by atoms with Crippen LogP contribution in [0.25, 0.3) is 11.1 Å². The van der Waals surface area contributed by atoms with Crippen LogP contribution in [-0.2, 0) is 13.1 Å². The summed E-state index contributed by atoms with van der Waals surface area (Å²) in [6.07, 6.45) is 6.78. The van der Waals surface area contributed by atoms with Gasteiger partial charge in [-0.1, -0.05) is 19.1 Å². The number of oxazole rings is 1. The van der Waals surface area contributed by atoms with Gasteiger partial charge in [-0.15, -0.1) is 0 Å². The van der Waals surface area contributed by atoms with Crippen molar-refractivity contribution >= 4 is 17.1 Å². The van der Waals surface area contributed by atoms with Crippen LogP contribution in [0.3, 0.4) is 0 Å². The van der Waals surface area contributed by atoms with E-state index in [1.165, 1.54) is 0 Å². The van der Waals surface area contributed by atoms with Gasteiger partial charge in [-0.2, -0.15) is 5.10 Å². The zero-order chi connectivity index (χ0) is 18.6. The molecule has 0 spiro atoms.